The van der Waals surface area contributed by atoms with Gasteiger partial charge in [0.2, 0.25) is 0 Å². The molecule has 0 fully saturated rings. The maximum absolute atomic E-state index is 12.8. The number of hydrogen-bond donors (Lipinski definition) is 0. The summed E-state index contributed by atoms with van der Waals surface area (Å²) >= 11 is 0. The molecule has 0 aromatic heterocycles. The van der Waals surface area contributed by atoms with Crippen LogP contribution in [0, 0.1) is 0 Å². The highest BCUT2D eigenvalue weighted by Gasteiger charge is 2.19. The van der Waals surface area contributed by atoms with E-state index in [1.807, 2.05) is 6.08 Å². The molecule has 61 heavy (non-hydrogen) atoms. The van der Waals surface area contributed by atoms with E-state index in [-0.39, 0.29) is 37.5 Å². The predicted molar refractivity (Wildman–Crippen MR) is 261 cm³/mol. The number of carbonyl (C=O) groups is 3. The second-order valence-corrected chi connectivity index (χ2v) is 18.2. The highest BCUT2D eigenvalue weighted by molar-refractivity contribution is 5.71. The normalized spacial score (nSPS) is 12.1. The van der Waals surface area contributed by atoms with Crippen molar-refractivity contribution >= 4 is 17.9 Å². The molecule has 0 N–H and O–H groups in total. The molecule has 0 saturated heterocycles. The van der Waals surface area contributed by atoms with E-state index in [4.69, 9.17) is 14.2 Å². The average Bonchev–Trinajstić information content (AvgIpc) is 3.26. The van der Waals surface area contributed by atoms with Gasteiger partial charge in [0.05, 0.1) is 0 Å². The molecule has 358 valence electrons. The fourth-order valence-electron chi connectivity index (χ4n) is 7.91. The number of allylic oxidation sites excluding steroid dienone is 4. The first-order valence-corrected chi connectivity index (χ1v) is 26.8. The molecule has 0 rings (SSSR count). The van der Waals surface area contributed by atoms with Crippen LogP contribution in [0.15, 0.2) is 24.3 Å². The van der Waals surface area contributed by atoms with Gasteiger partial charge in [-0.2, -0.15) is 0 Å². The van der Waals surface area contributed by atoms with Crippen LogP contribution in [0.2, 0.25) is 0 Å². The van der Waals surface area contributed by atoms with Crippen molar-refractivity contribution in [3.05, 3.63) is 24.3 Å². The molecular formula is C55H102O6. The van der Waals surface area contributed by atoms with Crippen molar-refractivity contribution in [2.75, 3.05) is 13.2 Å². The fraction of sp³-hybridized carbons (Fsp3) is 0.873. The SMILES string of the molecule is CCCCCCCC/C=C\C/C=C\CCC(=O)OCC(COC(=O)CCCCCCCCCCCCCCCCC)OC(=O)CCCCCCCCCCCCCCCCC. The van der Waals surface area contributed by atoms with Crippen molar-refractivity contribution < 1.29 is 28.6 Å². The molecule has 0 aliphatic heterocycles. The van der Waals surface area contributed by atoms with Crippen LogP contribution in [0.4, 0.5) is 0 Å². The summed E-state index contributed by atoms with van der Waals surface area (Å²) in [5, 5.41) is 0. The largest absolute Gasteiger partial charge is 0.462 e. The van der Waals surface area contributed by atoms with Gasteiger partial charge in [0.15, 0.2) is 6.10 Å². The van der Waals surface area contributed by atoms with Crippen molar-refractivity contribution in [3.8, 4) is 0 Å². The Morgan fingerprint density at radius 1 is 0.328 bits per heavy atom. The Balaban J connectivity index is 4.38. The van der Waals surface area contributed by atoms with E-state index in [0.717, 1.165) is 51.4 Å². The smallest absolute Gasteiger partial charge is 0.306 e. The zero-order valence-corrected chi connectivity index (χ0v) is 40.9. The predicted octanol–water partition coefficient (Wildman–Crippen LogP) is 17.5. The molecule has 0 aromatic rings. The van der Waals surface area contributed by atoms with Crippen molar-refractivity contribution in [3.63, 3.8) is 0 Å². The lowest BCUT2D eigenvalue weighted by Gasteiger charge is -2.18. The first-order chi connectivity index (χ1) is 30.0. The Kier molecular flexibility index (Phi) is 48.8. The lowest BCUT2D eigenvalue weighted by molar-refractivity contribution is -0.166. The summed E-state index contributed by atoms with van der Waals surface area (Å²) in [5.41, 5.74) is 0. The number of unbranched alkanes of at least 4 members (excludes halogenated alkanes) is 34. The van der Waals surface area contributed by atoms with Crippen LogP contribution in [0.3, 0.4) is 0 Å². The van der Waals surface area contributed by atoms with Crippen LogP contribution in [-0.2, 0) is 28.6 Å². The summed E-state index contributed by atoms with van der Waals surface area (Å²) in [6, 6.07) is 0. The molecule has 1 atom stereocenters. The van der Waals surface area contributed by atoms with Gasteiger partial charge < -0.3 is 14.2 Å². The Morgan fingerprint density at radius 2 is 0.623 bits per heavy atom. The monoisotopic (exact) mass is 859 g/mol. The lowest BCUT2D eigenvalue weighted by atomic mass is 10.0. The van der Waals surface area contributed by atoms with Crippen LogP contribution in [-0.4, -0.2) is 37.2 Å². The van der Waals surface area contributed by atoms with Gasteiger partial charge in [0.1, 0.15) is 13.2 Å². The van der Waals surface area contributed by atoms with Gasteiger partial charge in [-0.15, -0.1) is 0 Å². The van der Waals surface area contributed by atoms with Crippen molar-refractivity contribution in [2.45, 2.75) is 297 Å². The van der Waals surface area contributed by atoms with Gasteiger partial charge in [-0.05, 0) is 38.5 Å². The van der Waals surface area contributed by atoms with E-state index < -0.39 is 6.10 Å². The molecule has 0 saturated carbocycles. The van der Waals surface area contributed by atoms with Crippen LogP contribution >= 0.6 is 0 Å². The van der Waals surface area contributed by atoms with E-state index >= 15 is 0 Å². The van der Waals surface area contributed by atoms with Gasteiger partial charge in [-0.1, -0.05) is 257 Å². The standard InChI is InChI=1S/C55H102O6/c1-4-7-10-13-16-19-22-25-27-30-33-36-39-42-45-48-54(57)60-51-52(50-59-53(56)47-44-41-38-35-32-29-24-21-18-15-12-9-6-3)61-55(58)49-46-43-40-37-34-31-28-26-23-20-17-14-11-8-5-2/h29,32,38,41,52H,4-28,30-31,33-37,39-40,42-51H2,1-3H3/b32-29-,41-38-. The zero-order chi connectivity index (χ0) is 44.4. The Labute approximate surface area is 379 Å². The van der Waals surface area contributed by atoms with Gasteiger partial charge >= 0.3 is 17.9 Å². The van der Waals surface area contributed by atoms with Crippen LogP contribution in [0.1, 0.15) is 290 Å². The Bertz CT molecular complexity index is 989. The number of ether oxygens (including phenoxy) is 3. The molecule has 0 spiro atoms. The van der Waals surface area contributed by atoms with Crippen LogP contribution in [0.5, 0.6) is 0 Å². The van der Waals surface area contributed by atoms with Gasteiger partial charge in [0.25, 0.3) is 0 Å². The number of esters is 3. The minimum absolute atomic E-state index is 0.0829. The third-order valence-electron chi connectivity index (χ3n) is 12.0. The molecule has 6 nitrogen and oxygen atoms in total. The number of rotatable bonds is 49. The lowest BCUT2D eigenvalue weighted by Crippen LogP contribution is -2.30. The zero-order valence-electron chi connectivity index (χ0n) is 40.9. The summed E-state index contributed by atoms with van der Waals surface area (Å²) in [7, 11) is 0. The Hall–Kier alpha value is -2.11. The van der Waals surface area contributed by atoms with Crippen molar-refractivity contribution in [1.29, 1.82) is 0 Å². The minimum Gasteiger partial charge on any atom is -0.462 e. The summed E-state index contributed by atoms with van der Waals surface area (Å²) in [5.74, 6) is -0.937. The highest BCUT2D eigenvalue weighted by Crippen LogP contribution is 2.16. The molecule has 6 heteroatoms. The average molecular weight is 859 g/mol. The highest BCUT2D eigenvalue weighted by atomic mass is 16.6. The van der Waals surface area contributed by atoms with Gasteiger partial charge in [-0.3, -0.25) is 14.4 Å². The minimum atomic E-state index is -0.787. The summed E-state index contributed by atoms with van der Waals surface area (Å²) < 4.78 is 16.8. The molecule has 1 unspecified atom stereocenters. The molecule has 0 aliphatic carbocycles. The van der Waals surface area contributed by atoms with E-state index in [9.17, 15) is 14.4 Å². The Morgan fingerprint density at radius 3 is 1.00 bits per heavy atom. The molecule has 0 bridgehead atoms. The maximum atomic E-state index is 12.8. The fourth-order valence-corrected chi connectivity index (χ4v) is 7.91. The first-order valence-electron chi connectivity index (χ1n) is 26.8. The van der Waals surface area contributed by atoms with Crippen molar-refractivity contribution in [1.82, 2.24) is 0 Å². The second-order valence-electron chi connectivity index (χ2n) is 18.2. The number of carbonyl (C=O) groups excluding carboxylic acids is 3. The van der Waals surface area contributed by atoms with E-state index in [1.165, 1.54) is 193 Å². The third kappa shape index (κ3) is 48.8. The van der Waals surface area contributed by atoms with Crippen molar-refractivity contribution in [2.24, 2.45) is 0 Å². The van der Waals surface area contributed by atoms with Gasteiger partial charge in [-0.25, -0.2) is 0 Å². The summed E-state index contributed by atoms with van der Waals surface area (Å²) in [4.78, 5) is 37.9. The molecular weight excluding hydrogens is 757 g/mol. The van der Waals surface area contributed by atoms with E-state index in [0.29, 0.717) is 19.3 Å². The van der Waals surface area contributed by atoms with Crippen LogP contribution in [0.25, 0.3) is 0 Å². The molecule has 0 aliphatic rings. The van der Waals surface area contributed by atoms with E-state index in [2.05, 4.69) is 39.0 Å². The maximum Gasteiger partial charge on any atom is 0.306 e. The third-order valence-corrected chi connectivity index (χ3v) is 12.0. The van der Waals surface area contributed by atoms with Crippen LogP contribution < -0.4 is 0 Å². The molecule has 0 aromatic carbocycles. The number of hydrogen-bond acceptors (Lipinski definition) is 6. The summed E-state index contributed by atoms with van der Waals surface area (Å²) in [6.07, 6.45) is 57.4. The van der Waals surface area contributed by atoms with Gasteiger partial charge in [0, 0.05) is 19.3 Å². The molecule has 0 amide bonds. The topological polar surface area (TPSA) is 78.9 Å². The second kappa shape index (κ2) is 50.5. The molecule has 0 heterocycles. The molecule has 0 radical (unpaired) electrons. The summed E-state index contributed by atoms with van der Waals surface area (Å²) in [6.45, 7) is 6.62. The van der Waals surface area contributed by atoms with E-state index in [1.54, 1.807) is 0 Å². The quantitative estimate of drug-likeness (QED) is 0.0262. The first kappa shape index (κ1) is 58.9.